The quantitative estimate of drug-likeness (QED) is 0.886. The zero-order valence-electron chi connectivity index (χ0n) is 11.9. The Bertz CT molecular complexity index is 420. The molecule has 116 valence electrons. The van der Waals surface area contributed by atoms with Gasteiger partial charge in [0.05, 0.1) is 10.7 Å². The fraction of sp³-hybridized carbons (Fsp3) is 0.692. The van der Waals surface area contributed by atoms with Crippen LogP contribution in [0.15, 0.2) is 0 Å². The van der Waals surface area contributed by atoms with Gasteiger partial charge in [-0.15, -0.1) is 36.2 Å². The van der Waals surface area contributed by atoms with Gasteiger partial charge in [-0.05, 0) is 52.1 Å². The molecule has 0 radical (unpaired) electrons. The second-order valence-electron chi connectivity index (χ2n) is 4.90. The highest BCUT2D eigenvalue weighted by Crippen LogP contribution is 2.17. The minimum absolute atomic E-state index is 0. The highest BCUT2D eigenvalue weighted by molar-refractivity contribution is 7.13. The minimum atomic E-state index is 0. The van der Waals surface area contributed by atoms with Gasteiger partial charge in [0.1, 0.15) is 4.88 Å². The van der Waals surface area contributed by atoms with E-state index in [4.69, 9.17) is 0 Å². The molecule has 1 atom stereocenters. The van der Waals surface area contributed by atoms with E-state index in [1.165, 1.54) is 24.2 Å². The van der Waals surface area contributed by atoms with Gasteiger partial charge in [0.25, 0.3) is 5.91 Å². The number of thiazole rings is 1. The van der Waals surface area contributed by atoms with Crippen LogP contribution in [-0.4, -0.2) is 30.5 Å². The Balaban J connectivity index is 0.00000180. The van der Waals surface area contributed by atoms with E-state index in [-0.39, 0.29) is 30.7 Å². The van der Waals surface area contributed by atoms with E-state index >= 15 is 0 Å². The highest BCUT2D eigenvalue weighted by atomic mass is 35.5. The summed E-state index contributed by atoms with van der Waals surface area (Å²) >= 11 is 1.47. The summed E-state index contributed by atoms with van der Waals surface area (Å²) in [6.07, 6.45) is 3.60. The molecule has 1 unspecified atom stereocenters. The van der Waals surface area contributed by atoms with Crippen LogP contribution in [0.3, 0.4) is 0 Å². The molecular weight excluding hydrogens is 317 g/mol. The zero-order valence-corrected chi connectivity index (χ0v) is 14.3. The van der Waals surface area contributed by atoms with Crippen molar-refractivity contribution in [1.82, 2.24) is 15.6 Å². The molecule has 1 fully saturated rings. The molecule has 0 bridgehead atoms. The smallest absolute Gasteiger partial charge is 0.263 e. The molecule has 4 nitrogen and oxygen atoms in total. The van der Waals surface area contributed by atoms with Crippen molar-refractivity contribution in [2.75, 3.05) is 19.6 Å². The van der Waals surface area contributed by atoms with Gasteiger partial charge in [-0.1, -0.05) is 0 Å². The maximum absolute atomic E-state index is 12.0. The van der Waals surface area contributed by atoms with Gasteiger partial charge in [-0.25, -0.2) is 4.98 Å². The van der Waals surface area contributed by atoms with Gasteiger partial charge in [0.2, 0.25) is 0 Å². The van der Waals surface area contributed by atoms with E-state index in [2.05, 4.69) is 15.6 Å². The summed E-state index contributed by atoms with van der Waals surface area (Å²) in [6.45, 7) is 6.82. The maximum Gasteiger partial charge on any atom is 0.263 e. The molecular formula is C13H23Cl2N3OS. The number of aryl methyl sites for hydroxylation is 2. The first-order chi connectivity index (χ1) is 8.66. The molecule has 0 saturated carbocycles. The molecule has 1 aromatic rings. The summed E-state index contributed by atoms with van der Waals surface area (Å²) in [7, 11) is 0. The molecule has 2 N–H and O–H groups in total. The third-order valence-corrected chi connectivity index (χ3v) is 4.42. The van der Waals surface area contributed by atoms with Crippen molar-refractivity contribution in [3.05, 3.63) is 15.6 Å². The summed E-state index contributed by atoms with van der Waals surface area (Å²) in [5.41, 5.74) is 0.842. The summed E-state index contributed by atoms with van der Waals surface area (Å²) in [5, 5.41) is 7.35. The highest BCUT2D eigenvalue weighted by Gasteiger charge is 2.15. The number of amides is 1. The topological polar surface area (TPSA) is 54.0 Å². The van der Waals surface area contributed by atoms with Crippen LogP contribution in [0.2, 0.25) is 0 Å². The number of nitrogens with one attached hydrogen (secondary N) is 2. The SMILES string of the molecule is Cc1nc(C)c(C(=O)NCCC2CCCNC2)s1.Cl.Cl. The number of aromatic nitrogens is 1. The maximum atomic E-state index is 12.0. The number of hydrogen-bond acceptors (Lipinski definition) is 4. The third-order valence-electron chi connectivity index (χ3n) is 3.35. The van der Waals surface area contributed by atoms with E-state index in [1.54, 1.807) is 0 Å². The van der Waals surface area contributed by atoms with Crippen LogP contribution < -0.4 is 10.6 Å². The Morgan fingerprint density at radius 2 is 2.20 bits per heavy atom. The van der Waals surface area contributed by atoms with Crippen molar-refractivity contribution in [1.29, 1.82) is 0 Å². The van der Waals surface area contributed by atoms with Crippen LogP contribution in [0.25, 0.3) is 0 Å². The monoisotopic (exact) mass is 339 g/mol. The minimum Gasteiger partial charge on any atom is -0.351 e. The van der Waals surface area contributed by atoms with E-state index in [0.29, 0.717) is 5.92 Å². The first kappa shape index (κ1) is 19.6. The number of nitrogens with zero attached hydrogens (tertiary/aromatic N) is 1. The van der Waals surface area contributed by atoms with Gasteiger partial charge < -0.3 is 10.6 Å². The zero-order chi connectivity index (χ0) is 13.0. The van der Waals surface area contributed by atoms with Gasteiger partial charge in [-0.2, -0.15) is 0 Å². The predicted octanol–water partition coefficient (Wildman–Crippen LogP) is 2.72. The van der Waals surface area contributed by atoms with Crippen LogP contribution >= 0.6 is 36.2 Å². The fourth-order valence-electron chi connectivity index (χ4n) is 2.38. The normalized spacial score (nSPS) is 17.8. The van der Waals surface area contributed by atoms with Crippen LogP contribution in [0.1, 0.15) is 39.6 Å². The van der Waals surface area contributed by atoms with Crippen LogP contribution in [0.4, 0.5) is 0 Å². The van der Waals surface area contributed by atoms with E-state index in [9.17, 15) is 4.79 Å². The average Bonchev–Trinajstić information content (AvgIpc) is 2.70. The van der Waals surface area contributed by atoms with Crippen molar-refractivity contribution in [2.24, 2.45) is 5.92 Å². The van der Waals surface area contributed by atoms with Gasteiger partial charge in [0, 0.05) is 6.54 Å². The Hall–Kier alpha value is -0.360. The van der Waals surface area contributed by atoms with Crippen LogP contribution in [0, 0.1) is 19.8 Å². The summed E-state index contributed by atoms with van der Waals surface area (Å²) in [5.74, 6) is 0.741. The van der Waals surface area contributed by atoms with Gasteiger partial charge in [-0.3, -0.25) is 4.79 Å². The van der Waals surface area contributed by atoms with Crippen molar-refractivity contribution in [2.45, 2.75) is 33.1 Å². The molecule has 1 aliphatic rings. The third kappa shape index (κ3) is 5.56. The van der Waals surface area contributed by atoms with Gasteiger partial charge >= 0.3 is 0 Å². The first-order valence-electron chi connectivity index (χ1n) is 6.59. The van der Waals surface area contributed by atoms with E-state index < -0.39 is 0 Å². The number of rotatable bonds is 4. The molecule has 0 aliphatic carbocycles. The second-order valence-corrected chi connectivity index (χ2v) is 6.11. The number of hydrogen-bond donors (Lipinski definition) is 2. The molecule has 7 heteroatoms. The molecule has 2 rings (SSSR count). The van der Waals surface area contributed by atoms with Crippen LogP contribution in [0.5, 0.6) is 0 Å². The first-order valence-corrected chi connectivity index (χ1v) is 7.41. The molecule has 0 aromatic carbocycles. The lowest BCUT2D eigenvalue weighted by molar-refractivity contribution is 0.0954. The predicted molar refractivity (Wildman–Crippen MR) is 88.6 cm³/mol. The molecule has 1 aliphatic heterocycles. The molecule has 1 aromatic heterocycles. The van der Waals surface area contributed by atoms with Gasteiger partial charge in [0.15, 0.2) is 0 Å². The van der Waals surface area contributed by atoms with Crippen molar-refractivity contribution >= 4 is 42.1 Å². The summed E-state index contributed by atoms with van der Waals surface area (Å²) < 4.78 is 0. The number of carbonyl (C=O) groups is 1. The Morgan fingerprint density at radius 1 is 1.45 bits per heavy atom. The number of piperidine rings is 1. The lowest BCUT2D eigenvalue weighted by atomic mass is 9.96. The van der Waals surface area contributed by atoms with Crippen molar-refractivity contribution in [3.8, 4) is 0 Å². The lowest BCUT2D eigenvalue weighted by Crippen LogP contribution is -2.33. The Morgan fingerprint density at radius 3 is 2.75 bits per heavy atom. The largest absolute Gasteiger partial charge is 0.351 e. The number of carbonyl (C=O) groups excluding carboxylic acids is 1. The van der Waals surface area contributed by atoms with Crippen molar-refractivity contribution < 1.29 is 4.79 Å². The molecule has 0 spiro atoms. The lowest BCUT2D eigenvalue weighted by Gasteiger charge is -2.22. The molecule has 20 heavy (non-hydrogen) atoms. The number of halogens is 2. The summed E-state index contributed by atoms with van der Waals surface area (Å²) in [6, 6.07) is 0. The fourth-order valence-corrected chi connectivity index (χ4v) is 3.22. The Kier molecular flexibility index (Phi) is 9.38. The molecule has 1 amide bonds. The Labute approximate surface area is 137 Å². The standard InChI is InChI=1S/C13H21N3OS.2ClH/c1-9-12(18-10(2)16-9)13(17)15-7-5-11-4-3-6-14-8-11;;/h11,14H,3-8H2,1-2H3,(H,15,17);2*1H. The average molecular weight is 340 g/mol. The molecule has 2 heterocycles. The summed E-state index contributed by atoms with van der Waals surface area (Å²) in [4.78, 5) is 17.0. The van der Waals surface area contributed by atoms with Crippen LogP contribution in [-0.2, 0) is 0 Å². The second kappa shape index (κ2) is 9.55. The van der Waals surface area contributed by atoms with E-state index in [1.807, 2.05) is 13.8 Å². The van der Waals surface area contributed by atoms with Crippen molar-refractivity contribution in [3.63, 3.8) is 0 Å². The molecule has 1 saturated heterocycles. The van der Waals surface area contributed by atoms with E-state index in [0.717, 1.165) is 41.6 Å².